The second-order valence-corrected chi connectivity index (χ2v) is 8.46. The number of rotatable bonds is 5. The van der Waals surface area contributed by atoms with Gasteiger partial charge >= 0.3 is 0 Å². The van der Waals surface area contributed by atoms with Crippen molar-refractivity contribution >= 4 is 22.3 Å². The Hall–Kier alpha value is -2.81. The van der Waals surface area contributed by atoms with E-state index in [9.17, 15) is 0 Å². The standard InChI is InChI=1S/C27H30N2O/c1-2-30-25-16-14-24(15-17-25)29-26(19-27(29)28-23-10-4-3-5-11-23)22-13-12-20-8-6-7-9-21(20)18-22/h6-9,12-18,23,26H,2-5,10-11,19H2,1H3/b28-27+. The highest BCUT2D eigenvalue weighted by Gasteiger charge is 2.37. The smallest absolute Gasteiger partial charge is 0.119 e. The van der Waals surface area contributed by atoms with Crippen molar-refractivity contribution in [1.29, 1.82) is 0 Å². The Morgan fingerprint density at radius 2 is 1.67 bits per heavy atom. The van der Waals surface area contributed by atoms with Crippen LogP contribution in [0.25, 0.3) is 10.8 Å². The van der Waals surface area contributed by atoms with Gasteiger partial charge in [-0.1, -0.05) is 55.7 Å². The predicted octanol–water partition coefficient (Wildman–Crippen LogP) is 6.92. The summed E-state index contributed by atoms with van der Waals surface area (Å²) in [6, 6.07) is 24.8. The quantitative estimate of drug-likeness (QED) is 0.466. The maximum atomic E-state index is 5.65. The Labute approximate surface area is 179 Å². The Balaban J connectivity index is 1.47. The molecule has 2 aliphatic rings. The number of anilines is 1. The van der Waals surface area contributed by atoms with Gasteiger partial charge in [0.2, 0.25) is 0 Å². The minimum absolute atomic E-state index is 0.342. The Morgan fingerprint density at radius 1 is 0.900 bits per heavy atom. The summed E-state index contributed by atoms with van der Waals surface area (Å²) in [5, 5.41) is 2.60. The zero-order chi connectivity index (χ0) is 20.3. The van der Waals surface area contributed by atoms with Gasteiger partial charge in [0.1, 0.15) is 11.6 Å². The molecule has 0 spiro atoms. The third-order valence-corrected chi connectivity index (χ3v) is 6.46. The zero-order valence-corrected chi connectivity index (χ0v) is 17.8. The van der Waals surface area contributed by atoms with E-state index in [1.165, 1.54) is 60.0 Å². The summed E-state index contributed by atoms with van der Waals surface area (Å²) in [7, 11) is 0. The summed E-state index contributed by atoms with van der Waals surface area (Å²) in [6.07, 6.45) is 7.49. The molecule has 3 aromatic rings. The van der Waals surface area contributed by atoms with Crippen molar-refractivity contribution in [3.8, 4) is 5.75 Å². The highest BCUT2D eigenvalue weighted by Crippen LogP contribution is 2.41. The molecule has 0 amide bonds. The Kier molecular flexibility index (Phi) is 5.44. The predicted molar refractivity (Wildman–Crippen MR) is 126 cm³/mol. The molecule has 1 saturated heterocycles. The molecule has 3 nitrogen and oxygen atoms in total. The van der Waals surface area contributed by atoms with Crippen LogP contribution in [0.15, 0.2) is 71.7 Å². The second-order valence-electron chi connectivity index (χ2n) is 8.46. The molecule has 1 unspecified atom stereocenters. The number of benzene rings is 3. The topological polar surface area (TPSA) is 24.8 Å². The number of fused-ring (bicyclic) bond motifs is 1. The van der Waals surface area contributed by atoms with Crippen LogP contribution in [-0.4, -0.2) is 18.5 Å². The van der Waals surface area contributed by atoms with Crippen molar-refractivity contribution < 1.29 is 4.74 Å². The molecule has 0 bridgehead atoms. The molecule has 5 rings (SSSR count). The third-order valence-electron chi connectivity index (χ3n) is 6.46. The van der Waals surface area contributed by atoms with E-state index in [0.717, 1.165) is 12.2 Å². The molecule has 1 aliphatic heterocycles. The molecule has 2 fully saturated rings. The van der Waals surface area contributed by atoms with Gasteiger partial charge in [0.25, 0.3) is 0 Å². The molecule has 0 N–H and O–H groups in total. The third kappa shape index (κ3) is 3.81. The fourth-order valence-electron chi connectivity index (χ4n) is 4.85. The fourth-order valence-corrected chi connectivity index (χ4v) is 4.85. The largest absolute Gasteiger partial charge is 0.494 e. The van der Waals surface area contributed by atoms with Crippen molar-refractivity contribution in [2.24, 2.45) is 4.99 Å². The monoisotopic (exact) mass is 398 g/mol. The molecular weight excluding hydrogens is 368 g/mol. The lowest BCUT2D eigenvalue weighted by Crippen LogP contribution is -2.47. The van der Waals surface area contributed by atoms with Crippen molar-refractivity contribution in [1.82, 2.24) is 0 Å². The van der Waals surface area contributed by atoms with Crippen molar-refractivity contribution in [2.45, 2.75) is 57.5 Å². The van der Waals surface area contributed by atoms with Crippen LogP contribution >= 0.6 is 0 Å². The van der Waals surface area contributed by atoms with Crippen LogP contribution < -0.4 is 9.64 Å². The summed E-state index contributed by atoms with van der Waals surface area (Å²) >= 11 is 0. The first kappa shape index (κ1) is 19.2. The lowest BCUT2D eigenvalue weighted by molar-refractivity contribution is 0.340. The van der Waals surface area contributed by atoms with Crippen LogP contribution in [0.1, 0.15) is 57.1 Å². The van der Waals surface area contributed by atoms with Gasteiger partial charge in [-0.15, -0.1) is 0 Å². The molecule has 0 aromatic heterocycles. The molecule has 30 heavy (non-hydrogen) atoms. The van der Waals surface area contributed by atoms with Gasteiger partial charge in [0.05, 0.1) is 18.7 Å². The molecule has 154 valence electrons. The summed E-state index contributed by atoms with van der Waals surface area (Å²) in [4.78, 5) is 7.65. The van der Waals surface area contributed by atoms with E-state index in [2.05, 4.69) is 71.6 Å². The number of ether oxygens (including phenoxy) is 1. The average molecular weight is 399 g/mol. The van der Waals surface area contributed by atoms with Crippen LogP contribution in [0.2, 0.25) is 0 Å². The van der Waals surface area contributed by atoms with Gasteiger partial charge < -0.3 is 9.64 Å². The van der Waals surface area contributed by atoms with E-state index in [1.54, 1.807) is 0 Å². The first-order chi connectivity index (χ1) is 14.8. The maximum Gasteiger partial charge on any atom is 0.119 e. The number of aliphatic imine (C=N–C) groups is 1. The number of nitrogens with zero attached hydrogens (tertiary/aromatic N) is 2. The van der Waals surface area contributed by atoms with Gasteiger partial charge in [-0.25, -0.2) is 0 Å². The van der Waals surface area contributed by atoms with E-state index >= 15 is 0 Å². The van der Waals surface area contributed by atoms with E-state index in [0.29, 0.717) is 18.7 Å². The van der Waals surface area contributed by atoms with Crippen LogP contribution in [0.3, 0.4) is 0 Å². The van der Waals surface area contributed by atoms with E-state index < -0.39 is 0 Å². The number of amidine groups is 1. The van der Waals surface area contributed by atoms with Crippen molar-refractivity contribution in [3.05, 3.63) is 72.3 Å². The summed E-state index contributed by atoms with van der Waals surface area (Å²) in [5.74, 6) is 2.17. The minimum Gasteiger partial charge on any atom is -0.494 e. The van der Waals surface area contributed by atoms with E-state index in [-0.39, 0.29) is 0 Å². The van der Waals surface area contributed by atoms with E-state index in [1.807, 2.05) is 6.92 Å². The molecule has 0 radical (unpaired) electrons. The summed E-state index contributed by atoms with van der Waals surface area (Å²) < 4.78 is 5.65. The first-order valence-corrected chi connectivity index (χ1v) is 11.4. The molecule has 1 saturated carbocycles. The fraction of sp³-hybridized carbons (Fsp3) is 0.370. The van der Waals surface area contributed by atoms with Crippen LogP contribution in [0, 0.1) is 0 Å². The van der Waals surface area contributed by atoms with Crippen molar-refractivity contribution in [3.63, 3.8) is 0 Å². The molecular formula is C27H30N2O. The van der Waals surface area contributed by atoms with Crippen LogP contribution in [-0.2, 0) is 0 Å². The van der Waals surface area contributed by atoms with Crippen LogP contribution in [0.4, 0.5) is 5.69 Å². The second kappa shape index (κ2) is 8.51. The molecule has 3 heteroatoms. The highest BCUT2D eigenvalue weighted by molar-refractivity contribution is 6.05. The van der Waals surface area contributed by atoms with Gasteiger partial charge in [-0.05, 0) is 66.4 Å². The van der Waals surface area contributed by atoms with Gasteiger partial charge in [-0.2, -0.15) is 0 Å². The highest BCUT2D eigenvalue weighted by atomic mass is 16.5. The normalized spacial score (nSPS) is 21.0. The maximum absolute atomic E-state index is 5.65. The number of hydrogen-bond acceptors (Lipinski definition) is 2. The molecule has 1 atom stereocenters. The van der Waals surface area contributed by atoms with E-state index in [4.69, 9.17) is 9.73 Å². The first-order valence-electron chi connectivity index (χ1n) is 11.4. The van der Waals surface area contributed by atoms with Crippen molar-refractivity contribution in [2.75, 3.05) is 11.5 Å². The minimum atomic E-state index is 0.342. The average Bonchev–Trinajstić information content (AvgIpc) is 2.78. The number of hydrogen-bond donors (Lipinski definition) is 0. The Morgan fingerprint density at radius 3 is 2.43 bits per heavy atom. The van der Waals surface area contributed by atoms with Crippen LogP contribution in [0.5, 0.6) is 5.75 Å². The molecule has 1 heterocycles. The lowest BCUT2D eigenvalue weighted by atomic mass is 9.90. The lowest BCUT2D eigenvalue weighted by Gasteiger charge is -2.45. The zero-order valence-electron chi connectivity index (χ0n) is 17.8. The molecule has 3 aromatic carbocycles. The van der Waals surface area contributed by atoms with Gasteiger partial charge in [0, 0.05) is 12.1 Å². The Bertz CT molecular complexity index is 1030. The summed E-state index contributed by atoms with van der Waals surface area (Å²) in [5.41, 5.74) is 2.57. The summed E-state index contributed by atoms with van der Waals surface area (Å²) in [6.45, 7) is 2.71. The van der Waals surface area contributed by atoms with Gasteiger partial charge in [-0.3, -0.25) is 4.99 Å². The van der Waals surface area contributed by atoms with Gasteiger partial charge in [0.15, 0.2) is 0 Å². The SMILES string of the molecule is CCOc1ccc(N2/C(=N/C3CCCCC3)CC2c2ccc3ccccc3c2)cc1. The molecule has 1 aliphatic carbocycles.